The van der Waals surface area contributed by atoms with Crippen molar-refractivity contribution in [3.8, 4) is 0 Å². The molecule has 3 heteroatoms. The third-order valence-electron chi connectivity index (χ3n) is 3.88. The van der Waals surface area contributed by atoms with Crippen LogP contribution in [-0.2, 0) is 6.54 Å². The van der Waals surface area contributed by atoms with E-state index in [1.165, 1.54) is 18.4 Å². The van der Waals surface area contributed by atoms with Crippen LogP contribution in [0.15, 0.2) is 54.7 Å². The Labute approximate surface area is 120 Å². The third-order valence-corrected chi connectivity index (χ3v) is 3.88. The molecule has 1 aromatic carbocycles. The van der Waals surface area contributed by atoms with Gasteiger partial charge >= 0.3 is 0 Å². The van der Waals surface area contributed by atoms with Crippen LogP contribution in [0.1, 0.15) is 30.1 Å². The van der Waals surface area contributed by atoms with Gasteiger partial charge in [0, 0.05) is 25.3 Å². The molecule has 1 heterocycles. The zero-order chi connectivity index (χ0) is 13.8. The van der Waals surface area contributed by atoms with Crippen molar-refractivity contribution in [3.63, 3.8) is 0 Å². The van der Waals surface area contributed by atoms with Crippen molar-refractivity contribution < 1.29 is 0 Å². The van der Waals surface area contributed by atoms with E-state index in [1.54, 1.807) is 0 Å². The summed E-state index contributed by atoms with van der Waals surface area (Å²) in [6, 6.07) is 17.6. The molecule has 0 bridgehead atoms. The van der Waals surface area contributed by atoms with E-state index in [9.17, 15) is 0 Å². The summed E-state index contributed by atoms with van der Waals surface area (Å²) < 4.78 is 0. The first kappa shape index (κ1) is 13.3. The number of nitrogens with two attached hydrogens (primary N) is 1. The zero-order valence-electron chi connectivity index (χ0n) is 11.7. The van der Waals surface area contributed by atoms with Crippen molar-refractivity contribution in [1.82, 2.24) is 9.88 Å². The van der Waals surface area contributed by atoms with Crippen molar-refractivity contribution in [2.75, 3.05) is 6.54 Å². The minimum absolute atomic E-state index is 0.212. The number of nitrogens with zero attached hydrogens (tertiary/aromatic N) is 2. The first-order valence-corrected chi connectivity index (χ1v) is 7.29. The summed E-state index contributed by atoms with van der Waals surface area (Å²) in [4.78, 5) is 7.01. The highest BCUT2D eigenvalue weighted by atomic mass is 15.2. The topological polar surface area (TPSA) is 42.1 Å². The molecule has 104 valence electrons. The van der Waals surface area contributed by atoms with Gasteiger partial charge in [0.15, 0.2) is 0 Å². The molecule has 1 fully saturated rings. The molecule has 0 radical (unpaired) electrons. The van der Waals surface area contributed by atoms with E-state index in [4.69, 9.17) is 5.73 Å². The lowest BCUT2D eigenvalue weighted by molar-refractivity contribution is 0.178. The Balaban J connectivity index is 1.82. The Hall–Kier alpha value is -1.71. The minimum atomic E-state index is 0.212. The van der Waals surface area contributed by atoms with Crippen molar-refractivity contribution in [3.05, 3.63) is 66.0 Å². The molecular weight excluding hydrogens is 246 g/mol. The van der Waals surface area contributed by atoms with Crippen LogP contribution in [0.25, 0.3) is 0 Å². The van der Waals surface area contributed by atoms with Crippen LogP contribution in [0, 0.1) is 0 Å². The van der Waals surface area contributed by atoms with Gasteiger partial charge in [0.1, 0.15) is 0 Å². The van der Waals surface area contributed by atoms with Crippen LogP contribution in [0.3, 0.4) is 0 Å². The molecule has 1 saturated carbocycles. The summed E-state index contributed by atoms with van der Waals surface area (Å²) in [5.74, 6) is 0. The van der Waals surface area contributed by atoms with Crippen LogP contribution >= 0.6 is 0 Å². The number of hydrogen-bond donors (Lipinski definition) is 1. The zero-order valence-corrected chi connectivity index (χ0v) is 11.7. The number of hydrogen-bond acceptors (Lipinski definition) is 3. The number of rotatable bonds is 6. The number of pyridine rings is 1. The second-order valence-electron chi connectivity index (χ2n) is 5.40. The second-order valence-corrected chi connectivity index (χ2v) is 5.40. The van der Waals surface area contributed by atoms with E-state index >= 15 is 0 Å². The summed E-state index contributed by atoms with van der Waals surface area (Å²) in [5.41, 5.74) is 8.47. The highest BCUT2D eigenvalue weighted by Crippen LogP contribution is 2.34. The van der Waals surface area contributed by atoms with Gasteiger partial charge in [0.25, 0.3) is 0 Å². The Kier molecular flexibility index (Phi) is 4.09. The molecule has 2 aromatic rings. The highest BCUT2D eigenvalue weighted by Gasteiger charge is 2.34. The number of benzene rings is 1. The average Bonchev–Trinajstić information content (AvgIpc) is 3.34. The molecule has 0 spiro atoms. The molecule has 20 heavy (non-hydrogen) atoms. The summed E-state index contributed by atoms with van der Waals surface area (Å²) in [6.07, 6.45) is 4.40. The fraction of sp³-hybridized carbons (Fsp3) is 0.353. The molecule has 0 saturated heterocycles. The Bertz CT molecular complexity index is 522. The first-order valence-electron chi connectivity index (χ1n) is 7.29. The lowest BCUT2D eigenvalue weighted by Gasteiger charge is -2.30. The van der Waals surface area contributed by atoms with E-state index in [-0.39, 0.29) is 6.04 Å². The largest absolute Gasteiger partial charge is 0.329 e. The number of aromatic nitrogens is 1. The monoisotopic (exact) mass is 267 g/mol. The maximum atomic E-state index is 6.04. The van der Waals surface area contributed by atoms with Crippen LogP contribution in [0.5, 0.6) is 0 Å². The smallest absolute Gasteiger partial charge is 0.0649 e. The third kappa shape index (κ3) is 3.06. The molecule has 1 aromatic heterocycles. The highest BCUT2D eigenvalue weighted by molar-refractivity contribution is 5.17. The molecule has 1 aliphatic carbocycles. The van der Waals surface area contributed by atoms with E-state index < -0.39 is 0 Å². The molecule has 1 aliphatic rings. The van der Waals surface area contributed by atoms with Crippen molar-refractivity contribution in [2.45, 2.75) is 31.5 Å². The summed E-state index contributed by atoms with van der Waals surface area (Å²) in [6.45, 7) is 1.56. The Morgan fingerprint density at radius 3 is 2.45 bits per heavy atom. The molecule has 1 unspecified atom stereocenters. The second kappa shape index (κ2) is 6.16. The van der Waals surface area contributed by atoms with E-state index in [0.717, 1.165) is 12.2 Å². The maximum absolute atomic E-state index is 6.04. The molecule has 2 N–H and O–H groups in total. The van der Waals surface area contributed by atoms with Gasteiger partial charge in [-0.25, -0.2) is 0 Å². The SMILES string of the molecule is NCC(c1ccccn1)N(Cc1ccccc1)C1CC1. The van der Waals surface area contributed by atoms with Gasteiger partial charge in [-0.05, 0) is 30.5 Å². The lowest BCUT2D eigenvalue weighted by atomic mass is 10.1. The average molecular weight is 267 g/mol. The normalized spacial score (nSPS) is 16.3. The summed E-state index contributed by atoms with van der Waals surface area (Å²) in [5, 5.41) is 0. The maximum Gasteiger partial charge on any atom is 0.0649 e. The van der Waals surface area contributed by atoms with E-state index in [2.05, 4.69) is 46.3 Å². The van der Waals surface area contributed by atoms with Crippen LogP contribution in [-0.4, -0.2) is 22.5 Å². The molecule has 0 amide bonds. The van der Waals surface area contributed by atoms with Crippen LogP contribution < -0.4 is 5.73 Å². The molecule has 3 nitrogen and oxygen atoms in total. The lowest BCUT2D eigenvalue weighted by Crippen LogP contribution is -2.35. The van der Waals surface area contributed by atoms with Crippen molar-refractivity contribution in [2.24, 2.45) is 5.73 Å². The van der Waals surface area contributed by atoms with Crippen molar-refractivity contribution in [1.29, 1.82) is 0 Å². The summed E-state index contributed by atoms with van der Waals surface area (Å²) in [7, 11) is 0. The standard InChI is InChI=1S/C17H21N3/c18-12-17(16-8-4-5-11-19-16)20(15-9-10-15)13-14-6-2-1-3-7-14/h1-8,11,15,17H,9-10,12-13,18H2. The van der Waals surface area contributed by atoms with Crippen LogP contribution in [0.4, 0.5) is 0 Å². The van der Waals surface area contributed by atoms with Gasteiger partial charge in [0.05, 0.1) is 11.7 Å². The van der Waals surface area contributed by atoms with Gasteiger partial charge in [-0.3, -0.25) is 9.88 Å². The van der Waals surface area contributed by atoms with E-state index in [0.29, 0.717) is 12.6 Å². The molecule has 1 atom stereocenters. The van der Waals surface area contributed by atoms with Gasteiger partial charge in [-0.2, -0.15) is 0 Å². The summed E-state index contributed by atoms with van der Waals surface area (Å²) >= 11 is 0. The molecule has 0 aliphatic heterocycles. The Morgan fingerprint density at radius 2 is 1.85 bits per heavy atom. The van der Waals surface area contributed by atoms with Crippen molar-refractivity contribution >= 4 is 0 Å². The van der Waals surface area contributed by atoms with Crippen LogP contribution in [0.2, 0.25) is 0 Å². The van der Waals surface area contributed by atoms with Gasteiger partial charge in [0.2, 0.25) is 0 Å². The predicted molar refractivity (Wildman–Crippen MR) is 81.0 cm³/mol. The molecular formula is C17H21N3. The van der Waals surface area contributed by atoms with Gasteiger partial charge in [-0.15, -0.1) is 0 Å². The minimum Gasteiger partial charge on any atom is -0.329 e. The fourth-order valence-corrected chi connectivity index (χ4v) is 2.69. The molecule has 3 rings (SSSR count). The fourth-order valence-electron chi connectivity index (χ4n) is 2.69. The Morgan fingerprint density at radius 1 is 1.10 bits per heavy atom. The van der Waals surface area contributed by atoms with Gasteiger partial charge in [-0.1, -0.05) is 36.4 Å². The quantitative estimate of drug-likeness (QED) is 0.875. The first-order chi connectivity index (χ1) is 9.88. The van der Waals surface area contributed by atoms with Gasteiger partial charge < -0.3 is 5.73 Å². The van der Waals surface area contributed by atoms with E-state index in [1.807, 2.05) is 18.3 Å². The predicted octanol–water partition coefficient (Wildman–Crippen LogP) is 2.75.